The Morgan fingerprint density at radius 3 is 2.52 bits per heavy atom. The molecule has 0 aliphatic carbocycles. The van der Waals surface area contributed by atoms with E-state index in [-0.39, 0.29) is 18.1 Å². The molecule has 1 unspecified atom stereocenters. The number of aliphatic hydroxyl groups is 1. The molecule has 126 valence electrons. The number of ether oxygens (including phenoxy) is 2. The largest absolute Gasteiger partial charge is 0.508 e. The number of halogens is 1. The van der Waals surface area contributed by atoms with Gasteiger partial charge in [0.15, 0.2) is 5.78 Å². The number of hydrogen-bond acceptors (Lipinski definition) is 4. The Balaban J connectivity index is 2.72. The van der Waals surface area contributed by atoms with E-state index in [4.69, 9.17) is 9.47 Å². The molecule has 0 saturated heterocycles. The predicted octanol–water partition coefficient (Wildman–Crippen LogP) is 4.06. The fourth-order valence-electron chi connectivity index (χ4n) is 3.05. The van der Waals surface area contributed by atoms with Crippen LogP contribution in [0, 0.1) is 0 Å². The first-order valence-corrected chi connectivity index (χ1v) is 8.42. The molecule has 1 atom stereocenters. The summed E-state index contributed by atoms with van der Waals surface area (Å²) in [6.45, 7) is 7.37. The molecule has 0 saturated carbocycles. The van der Waals surface area contributed by atoms with Gasteiger partial charge in [-0.15, -0.1) is 0 Å². The monoisotopic (exact) mass is 382 g/mol. The summed E-state index contributed by atoms with van der Waals surface area (Å²) in [6, 6.07) is 5.71. The van der Waals surface area contributed by atoms with Crippen LogP contribution in [0.1, 0.15) is 38.8 Å². The van der Waals surface area contributed by atoms with Gasteiger partial charge in [0.1, 0.15) is 17.0 Å². The van der Waals surface area contributed by atoms with Gasteiger partial charge in [-0.3, -0.25) is 4.79 Å². The maximum Gasteiger partial charge on any atom is 0.198 e. The van der Waals surface area contributed by atoms with Gasteiger partial charge in [0.2, 0.25) is 0 Å². The molecule has 0 radical (unpaired) electrons. The van der Waals surface area contributed by atoms with Gasteiger partial charge in [-0.2, -0.15) is 0 Å². The van der Waals surface area contributed by atoms with E-state index in [1.165, 1.54) is 0 Å². The van der Waals surface area contributed by atoms with E-state index < -0.39 is 11.2 Å². The highest BCUT2D eigenvalue weighted by molar-refractivity contribution is 9.10. The van der Waals surface area contributed by atoms with E-state index in [0.29, 0.717) is 5.57 Å². The molecule has 0 fully saturated rings. The highest BCUT2D eigenvalue weighted by Crippen LogP contribution is 2.41. The SMILES string of the molecule is CCc1cc(Br)ccc1C1=C(O)C(C)(COC)OC(C)(C)C1=O. The van der Waals surface area contributed by atoms with Crippen molar-refractivity contribution in [3.63, 3.8) is 0 Å². The normalized spacial score (nSPS) is 24.2. The minimum Gasteiger partial charge on any atom is -0.508 e. The van der Waals surface area contributed by atoms with E-state index in [1.807, 2.05) is 25.1 Å². The van der Waals surface area contributed by atoms with Gasteiger partial charge in [0, 0.05) is 11.6 Å². The summed E-state index contributed by atoms with van der Waals surface area (Å²) >= 11 is 3.45. The summed E-state index contributed by atoms with van der Waals surface area (Å²) in [4.78, 5) is 12.9. The van der Waals surface area contributed by atoms with Crippen LogP contribution in [0.3, 0.4) is 0 Å². The smallest absolute Gasteiger partial charge is 0.198 e. The predicted molar refractivity (Wildman–Crippen MR) is 93.5 cm³/mol. The lowest BCUT2D eigenvalue weighted by Crippen LogP contribution is -2.53. The molecule has 1 aromatic carbocycles. The average molecular weight is 383 g/mol. The molecule has 5 heteroatoms. The van der Waals surface area contributed by atoms with Crippen molar-refractivity contribution < 1.29 is 19.4 Å². The lowest BCUT2D eigenvalue weighted by Gasteiger charge is -2.42. The van der Waals surface area contributed by atoms with Crippen molar-refractivity contribution in [2.24, 2.45) is 0 Å². The van der Waals surface area contributed by atoms with Gasteiger partial charge in [0.25, 0.3) is 0 Å². The number of benzene rings is 1. The summed E-state index contributed by atoms with van der Waals surface area (Å²) in [7, 11) is 1.54. The molecular formula is C18H23BrO4. The summed E-state index contributed by atoms with van der Waals surface area (Å²) in [6.07, 6.45) is 0.751. The van der Waals surface area contributed by atoms with Crippen LogP contribution in [0.2, 0.25) is 0 Å². The van der Waals surface area contributed by atoms with Crippen molar-refractivity contribution in [2.75, 3.05) is 13.7 Å². The number of ketones is 1. The maximum atomic E-state index is 12.9. The van der Waals surface area contributed by atoms with Crippen LogP contribution in [0.4, 0.5) is 0 Å². The Bertz CT molecular complexity index is 663. The Kier molecular flexibility index (Phi) is 5.04. The van der Waals surface area contributed by atoms with Crippen LogP contribution >= 0.6 is 15.9 Å². The first-order valence-electron chi connectivity index (χ1n) is 7.62. The fraction of sp³-hybridized carbons (Fsp3) is 0.500. The minimum absolute atomic E-state index is 0.0688. The number of methoxy groups -OCH3 is 1. The zero-order valence-electron chi connectivity index (χ0n) is 14.2. The molecule has 0 aromatic heterocycles. The Morgan fingerprint density at radius 1 is 1.30 bits per heavy atom. The van der Waals surface area contributed by atoms with Gasteiger partial charge in [0.05, 0.1) is 12.2 Å². The van der Waals surface area contributed by atoms with E-state index in [9.17, 15) is 9.90 Å². The molecule has 1 aliphatic heterocycles. The molecule has 1 aromatic rings. The molecule has 1 heterocycles. The van der Waals surface area contributed by atoms with Crippen molar-refractivity contribution in [2.45, 2.75) is 45.3 Å². The van der Waals surface area contributed by atoms with E-state index in [0.717, 1.165) is 22.0 Å². The molecule has 0 spiro atoms. The standard InChI is InChI=1S/C18H23BrO4/c1-6-11-9-12(19)7-8-13(11)14-15(20)17(2,3)23-18(4,10-22-5)16(14)21/h7-9,21H,6,10H2,1-5H3. The van der Waals surface area contributed by atoms with Gasteiger partial charge in [-0.1, -0.05) is 28.9 Å². The van der Waals surface area contributed by atoms with Crippen molar-refractivity contribution in [3.8, 4) is 0 Å². The minimum atomic E-state index is -1.06. The Labute approximate surface area is 145 Å². The summed E-state index contributed by atoms with van der Waals surface area (Å²) in [5, 5.41) is 10.8. The van der Waals surface area contributed by atoms with Crippen LogP contribution in [0.15, 0.2) is 28.4 Å². The number of carbonyl (C=O) groups is 1. The molecule has 1 N–H and O–H groups in total. The molecule has 1 aliphatic rings. The first-order chi connectivity index (χ1) is 10.7. The molecule has 2 rings (SSSR count). The number of hydrogen-bond donors (Lipinski definition) is 1. The Hall–Kier alpha value is -1.17. The number of carbonyl (C=O) groups excluding carboxylic acids is 1. The summed E-state index contributed by atoms with van der Waals surface area (Å²) in [5.74, 6) is -0.290. The topological polar surface area (TPSA) is 55.8 Å². The third-order valence-corrected chi connectivity index (χ3v) is 4.62. The molecule has 0 bridgehead atoms. The summed E-state index contributed by atoms with van der Waals surface area (Å²) < 4.78 is 12.0. The van der Waals surface area contributed by atoms with Crippen LogP contribution in [-0.2, 0) is 20.7 Å². The van der Waals surface area contributed by atoms with Gasteiger partial charge < -0.3 is 14.6 Å². The number of Topliss-reactive ketones (excluding diaryl/α,β-unsaturated/α-hetero) is 1. The van der Waals surface area contributed by atoms with Gasteiger partial charge in [-0.05, 0) is 50.5 Å². The average Bonchev–Trinajstić information content (AvgIpc) is 2.47. The zero-order valence-corrected chi connectivity index (χ0v) is 15.8. The van der Waals surface area contributed by atoms with Crippen molar-refractivity contribution in [3.05, 3.63) is 39.6 Å². The van der Waals surface area contributed by atoms with Gasteiger partial charge in [-0.25, -0.2) is 0 Å². The number of aryl methyl sites for hydroxylation is 1. The highest BCUT2D eigenvalue weighted by Gasteiger charge is 2.49. The number of rotatable bonds is 4. The quantitative estimate of drug-likeness (QED) is 0.852. The van der Waals surface area contributed by atoms with Crippen molar-refractivity contribution >= 4 is 27.3 Å². The molecule has 4 nitrogen and oxygen atoms in total. The van der Waals surface area contributed by atoms with Crippen LogP contribution in [0.5, 0.6) is 0 Å². The van der Waals surface area contributed by atoms with Crippen LogP contribution in [0.25, 0.3) is 5.57 Å². The zero-order chi connectivity index (χ0) is 17.4. The lowest BCUT2D eigenvalue weighted by molar-refractivity contribution is -0.171. The second-order valence-electron chi connectivity index (χ2n) is 6.48. The molecular weight excluding hydrogens is 360 g/mol. The van der Waals surface area contributed by atoms with Crippen molar-refractivity contribution in [1.82, 2.24) is 0 Å². The van der Waals surface area contributed by atoms with Crippen molar-refractivity contribution in [1.29, 1.82) is 0 Å². The second kappa shape index (κ2) is 6.38. The fourth-order valence-corrected chi connectivity index (χ4v) is 3.46. The first kappa shape index (κ1) is 18.2. The Morgan fingerprint density at radius 2 is 1.96 bits per heavy atom. The van der Waals surface area contributed by atoms with Crippen LogP contribution < -0.4 is 0 Å². The summed E-state index contributed by atoms with van der Waals surface area (Å²) in [5.41, 5.74) is -0.0271. The molecule has 23 heavy (non-hydrogen) atoms. The highest BCUT2D eigenvalue weighted by atomic mass is 79.9. The lowest BCUT2D eigenvalue weighted by atomic mass is 9.81. The number of aliphatic hydroxyl groups excluding tert-OH is 1. The van der Waals surface area contributed by atoms with E-state index in [2.05, 4.69) is 15.9 Å². The second-order valence-corrected chi connectivity index (χ2v) is 7.40. The van der Waals surface area contributed by atoms with Gasteiger partial charge >= 0.3 is 0 Å². The van der Waals surface area contributed by atoms with Crippen LogP contribution in [-0.4, -0.2) is 35.8 Å². The molecule has 0 amide bonds. The van der Waals surface area contributed by atoms with E-state index >= 15 is 0 Å². The third kappa shape index (κ3) is 3.23. The third-order valence-electron chi connectivity index (χ3n) is 4.13. The van der Waals surface area contributed by atoms with E-state index in [1.54, 1.807) is 27.9 Å². The maximum absolute atomic E-state index is 12.9.